The Morgan fingerprint density at radius 1 is 1.38 bits per heavy atom. The molecule has 2 heterocycles. The minimum absolute atomic E-state index is 0.126. The van der Waals surface area contributed by atoms with Crippen molar-refractivity contribution in [2.45, 2.75) is 45.4 Å². The first-order chi connectivity index (χ1) is 12.6. The maximum atomic E-state index is 12.6. The third-order valence-corrected chi connectivity index (χ3v) is 6.37. The third-order valence-electron chi connectivity index (χ3n) is 5.33. The molecule has 0 radical (unpaired) electrons. The van der Waals surface area contributed by atoms with Crippen LogP contribution in [0, 0.1) is 5.92 Å². The topological polar surface area (TPSA) is 62.3 Å². The fourth-order valence-electron chi connectivity index (χ4n) is 3.75. The molecule has 2 amide bonds. The van der Waals surface area contributed by atoms with E-state index >= 15 is 0 Å². The Hall–Kier alpha value is -2.21. The largest absolute Gasteiger partial charge is 0.312 e. The summed E-state index contributed by atoms with van der Waals surface area (Å²) in [6.45, 7) is 2.96. The van der Waals surface area contributed by atoms with Crippen molar-refractivity contribution < 1.29 is 9.59 Å². The standard InChI is InChI=1S/C20H23N3O2S/c1-2-13-8-9-16-17(11-13)26-20(21-16)22-19(25)14-5-3-6-15(12-14)23-10-4-7-18(23)24/h3,5-6,12-13H,2,4,7-11H2,1H3,(H,21,22,25). The summed E-state index contributed by atoms with van der Waals surface area (Å²) in [4.78, 5) is 32.3. The maximum Gasteiger partial charge on any atom is 0.257 e. The van der Waals surface area contributed by atoms with E-state index in [0.717, 1.165) is 43.1 Å². The van der Waals surface area contributed by atoms with E-state index in [1.54, 1.807) is 28.4 Å². The van der Waals surface area contributed by atoms with Crippen molar-refractivity contribution in [1.82, 2.24) is 4.98 Å². The lowest BCUT2D eigenvalue weighted by Crippen LogP contribution is -2.24. The van der Waals surface area contributed by atoms with Crippen LogP contribution in [0.2, 0.25) is 0 Å². The smallest absolute Gasteiger partial charge is 0.257 e. The summed E-state index contributed by atoms with van der Waals surface area (Å²) in [6, 6.07) is 7.28. The van der Waals surface area contributed by atoms with Crippen molar-refractivity contribution in [3.05, 3.63) is 40.4 Å². The second-order valence-electron chi connectivity index (χ2n) is 7.06. The summed E-state index contributed by atoms with van der Waals surface area (Å²) in [5.74, 6) is 0.693. The van der Waals surface area contributed by atoms with Crippen molar-refractivity contribution in [1.29, 1.82) is 0 Å². The molecule has 1 atom stereocenters. The number of hydrogen-bond acceptors (Lipinski definition) is 4. The first-order valence-corrected chi connectivity index (χ1v) is 10.2. The molecule has 1 aromatic carbocycles. The van der Waals surface area contributed by atoms with Crippen LogP contribution in [0.4, 0.5) is 10.8 Å². The number of fused-ring (bicyclic) bond motifs is 1. The van der Waals surface area contributed by atoms with E-state index in [2.05, 4.69) is 17.2 Å². The number of anilines is 2. The lowest BCUT2D eigenvalue weighted by molar-refractivity contribution is -0.117. The van der Waals surface area contributed by atoms with Gasteiger partial charge in [-0.05, 0) is 49.8 Å². The van der Waals surface area contributed by atoms with Crippen LogP contribution in [0.5, 0.6) is 0 Å². The van der Waals surface area contributed by atoms with Crippen LogP contribution >= 0.6 is 11.3 Å². The number of aryl methyl sites for hydroxylation is 1. The zero-order chi connectivity index (χ0) is 18.1. The van der Waals surface area contributed by atoms with Crippen molar-refractivity contribution >= 4 is 34.0 Å². The molecule has 4 rings (SSSR count). The Bertz CT molecular complexity index is 845. The third kappa shape index (κ3) is 3.38. The molecule has 1 aromatic heterocycles. The van der Waals surface area contributed by atoms with Gasteiger partial charge in [-0.25, -0.2) is 4.98 Å². The highest BCUT2D eigenvalue weighted by atomic mass is 32.1. The van der Waals surface area contributed by atoms with E-state index in [1.807, 2.05) is 12.1 Å². The Kier molecular flexibility index (Phi) is 4.76. The number of nitrogens with one attached hydrogen (secondary N) is 1. The highest BCUT2D eigenvalue weighted by Gasteiger charge is 2.24. The molecule has 2 aromatic rings. The van der Waals surface area contributed by atoms with Crippen LogP contribution in [0.15, 0.2) is 24.3 Å². The molecule has 0 saturated carbocycles. The van der Waals surface area contributed by atoms with E-state index in [4.69, 9.17) is 0 Å². The fourth-order valence-corrected chi connectivity index (χ4v) is 4.87. The molecule has 5 nitrogen and oxygen atoms in total. The quantitative estimate of drug-likeness (QED) is 0.885. The number of thiazole rings is 1. The van der Waals surface area contributed by atoms with Crippen LogP contribution in [0.1, 0.15) is 53.5 Å². The number of aromatic nitrogens is 1. The zero-order valence-electron chi connectivity index (χ0n) is 15.0. The van der Waals surface area contributed by atoms with Gasteiger partial charge in [0.05, 0.1) is 5.69 Å². The van der Waals surface area contributed by atoms with Gasteiger partial charge in [0.15, 0.2) is 5.13 Å². The molecule has 1 saturated heterocycles. The average Bonchev–Trinajstić information content (AvgIpc) is 3.26. The molecular weight excluding hydrogens is 346 g/mol. The molecule has 6 heteroatoms. The monoisotopic (exact) mass is 369 g/mol. The van der Waals surface area contributed by atoms with E-state index in [9.17, 15) is 9.59 Å². The Morgan fingerprint density at radius 3 is 3.04 bits per heavy atom. The molecule has 1 unspecified atom stereocenters. The number of hydrogen-bond donors (Lipinski definition) is 1. The lowest BCUT2D eigenvalue weighted by Gasteiger charge is -2.18. The van der Waals surface area contributed by atoms with E-state index in [0.29, 0.717) is 17.1 Å². The number of nitrogens with zero attached hydrogens (tertiary/aromatic N) is 2. The summed E-state index contributed by atoms with van der Waals surface area (Å²) in [5.41, 5.74) is 2.50. The molecule has 0 bridgehead atoms. The molecule has 1 aliphatic heterocycles. The molecular formula is C20H23N3O2S. The summed E-state index contributed by atoms with van der Waals surface area (Å²) in [6.07, 6.45) is 5.92. The Balaban J connectivity index is 1.49. The first-order valence-electron chi connectivity index (χ1n) is 9.34. The molecule has 1 aliphatic carbocycles. The molecule has 1 fully saturated rings. The van der Waals surface area contributed by atoms with E-state index < -0.39 is 0 Å². The van der Waals surface area contributed by atoms with Crippen molar-refractivity contribution in [2.24, 2.45) is 5.92 Å². The molecule has 1 N–H and O–H groups in total. The first kappa shape index (κ1) is 17.2. The van der Waals surface area contributed by atoms with Crippen LogP contribution in [0.3, 0.4) is 0 Å². The zero-order valence-corrected chi connectivity index (χ0v) is 15.8. The van der Waals surface area contributed by atoms with E-state index in [1.165, 1.54) is 17.7 Å². The number of amides is 2. The predicted octanol–water partition coefficient (Wildman–Crippen LogP) is 4.04. The second kappa shape index (κ2) is 7.19. The number of benzene rings is 1. The molecule has 2 aliphatic rings. The minimum atomic E-state index is -0.170. The van der Waals surface area contributed by atoms with Gasteiger partial charge in [0.2, 0.25) is 5.91 Å². The summed E-state index contributed by atoms with van der Waals surface area (Å²) in [5, 5.41) is 3.62. The average molecular weight is 369 g/mol. The number of carbonyl (C=O) groups excluding carboxylic acids is 2. The number of rotatable bonds is 4. The van der Waals surface area contributed by atoms with Gasteiger partial charge in [-0.2, -0.15) is 0 Å². The van der Waals surface area contributed by atoms with Gasteiger partial charge >= 0.3 is 0 Å². The summed E-state index contributed by atoms with van der Waals surface area (Å²) >= 11 is 1.60. The SMILES string of the molecule is CCC1CCc2nc(NC(=O)c3cccc(N4CCCC4=O)c3)sc2C1. The number of carbonyl (C=O) groups is 2. The fraction of sp³-hybridized carbons (Fsp3) is 0.450. The lowest BCUT2D eigenvalue weighted by atomic mass is 9.89. The predicted molar refractivity (Wildman–Crippen MR) is 104 cm³/mol. The Morgan fingerprint density at radius 2 is 2.27 bits per heavy atom. The second-order valence-corrected chi connectivity index (χ2v) is 8.14. The maximum absolute atomic E-state index is 12.6. The molecule has 136 valence electrons. The van der Waals surface area contributed by atoms with Gasteiger partial charge < -0.3 is 4.90 Å². The van der Waals surface area contributed by atoms with Crippen LogP contribution in [-0.2, 0) is 17.6 Å². The van der Waals surface area contributed by atoms with Gasteiger partial charge in [0.1, 0.15) is 0 Å². The molecule has 26 heavy (non-hydrogen) atoms. The van der Waals surface area contributed by atoms with Crippen molar-refractivity contribution in [3.8, 4) is 0 Å². The normalized spacial score (nSPS) is 19.5. The highest BCUT2D eigenvalue weighted by Crippen LogP contribution is 2.33. The van der Waals surface area contributed by atoms with Gasteiger partial charge in [-0.1, -0.05) is 19.4 Å². The van der Waals surface area contributed by atoms with Crippen molar-refractivity contribution in [3.63, 3.8) is 0 Å². The van der Waals surface area contributed by atoms with Gasteiger partial charge in [0.25, 0.3) is 5.91 Å². The summed E-state index contributed by atoms with van der Waals surface area (Å²) in [7, 11) is 0. The molecule has 0 spiro atoms. The van der Waals surface area contributed by atoms with Crippen LogP contribution in [0.25, 0.3) is 0 Å². The summed E-state index contributed by atoms with van der Waals surface area (Å²) < 4.78 is 0. The van der Waals surface area contributed by atoms with Gasteiger partial charge in [-0.3, -0.25) is 14.9 Å². The Labute approximate surface area is 157 Å². The van der Waals surface area contributed by atoms with Crippen LogP contribution < -0.4 is 10.2 Å². The van der Waals surface area contributed by atoms with Crippen molar-refractivity contribution in [2.75, 3.05) is 16.8 Å². The minimum Gasteiger partial charge on any atom is -0.312 e. The van der Waals surface area contributed by atoms with Gasteiger partial charge in [-0.15, -0.1) is 11.3 Å². The van der Waals surface area contributed by atoms with Gasteiger partial charge in [0, 0.05) is 29.1 Å². The van der Waals surface area contributed by atoms with E-state index in [-0.39, 0.29) is 11.8 Å². The van der Waals surface area contributed by atoms with Crippen LogP contribution in [-0.4, -0.2) is 23.3 Å². The highest BCUT2D eigenvalue weighted by molar-refractivity contribution is 7.15.